The Bertz CT molecular complexity index is 649. The van der Waals surface area contributed by atoms with Gasteiger partial charge in [-0.2, -0.15) is 4.98 Å². The molecular weight excluding hydrogens is 268 g/mol. The van der Waals surface area contributed by atoms with E-state index in [1.165, 1.54) is 29.3 Å². The molecule has 2 heterocycles. The SMILES string of the molecule is CNc1ncn(Cc2sccc2C(=O)OC)c(=O)n1. The summed E-state index contributed by atoms with van der Waals surface area (Å²) in [4.78, 5) is 31.7. The van der Waals surface area contributed by atoms with Gasteiger partial charge in [0, 0.05) is 11.9 Å². The number of ether oxygens (including phenoxy) is 1. The molecule has 0 aliphatic heterocycles. The topological polar surface area (TPSA) is 86.1 Å². The van der Waals surface area contributed by atoms with Crippen LogP contribution in [0.15, 0.2) is 22.6 Å². The number of hydrogen-bond donors (Lipinski definition) is 1. The maximum atomic E-state index is 11.7. The third-order valence-corrected chi connectivity index (χ3v) is 3.36. The van der Waals surface area contributed by atoms with E-state index in [4.69, 9.17) is 0 Å². The van der Waals surface area contributed by atoms with Crippen molar-refractivity contribution in [1.29, 1.82) is 0 Å². The maximum Gasteiger partial charge on any atom is 0.352 e. The minimum atomic E-state index is -0.427. The van der Waals surface area contributed by atoms with E-state index in [1.807, 2.05) is 0 Å². The van der Waals surface area contributed by atoms with E-state index in [0.29, 0.717) is 5.56 Å². The summed E-state index contributed by atoms with van der Waals surface area (Å²) in [5, 5.41) is 4.46. The first-order valence-corrected chi connectivity index (χ1v) is 6.29. The number of carbonyl (C=O) groups is 1. The van der Waals surface area contributed by atoms with Crippen LogP contribution in [-0.2, 0) is 11.3 Å². The molecule has 7 nitrogen and oxygen atoms in total. The second-order valence-corrected chi connectivity index (χ2v) is 4.59. The van der Waals surface area contributed by atoms with Crippen LogP contribution < -0.4 is 11.0 Å². The molecule has 2 rings (SSSR count). The van der Waals surface area contributed by atoms with Gasteiger partial charge in [-0.05, 0) is 11.4 Å². The maximum absolute atomic E-state index is 11.7. The largest absolute Gasteiger partial charge is 0.465 e. The lowest BCUT2D eigenvalue weighted by molar-refractivity contribution is 0.0600. The van der Waals surface area contributed by atoms with Crippen LogP contribution in [0.25, 0.3) is 0 Å². The first kappa shape index (κ1) is 13.2. The standard InChI is InChI=1S/C11H12N4O3S/c1-12-10-13-6-15(11(17)14-10)5-8-7(3-4-19-8)9(16)18-2/h3-4,6H,5H2,1-2H3,(H,12,14,17). The number of aromatic nitrogens is 3. The van der Waals surface area contributed by atoms with Crippen LogP contribution in [0.5, 0.6) is 0 Å². The summed E-state index contributed by atoms with van der Waals surface area (Å²) >= 11 is 1.38. The summed E-state index contributed by atoms with van der Waals surface area (Å²) in [7, 11) is 2.95. The number of methoxy groups -OCH3 is 1. The Morgan fingerprint density at radius 3 is 3.00 bits per heavy atom. The van der Waals surface area contributed by atoms with E-state index < -0.39 is 11.7 Å². The highest BCUT2D eigenvalue weighted by atomic mass is 32.1. The summed E-state index contributed by atoms with van der Waals surface area (Å²) in [6, 6.07) is 1.67. The smallest absolute Gasteiger partial charge is 0.352 e. The van der Waals surface area contributed by atoms with Gasteiger partial charge < -0.3 is 10.1 Å². The number of rotatable bonds is 4. The third kappa shape index (κ3) is 2.79. The van der Waals surface area contributed by atoms with Crippen molar-refractivity contribution < 1.29 is 9.53 Å². The molecule has 0 aliphatic carbocycles. The molecule has 0 radical (unpaired) electrons. The highest BCUT2D eigenvalue weighted by molar-refractivity contribution is 7.10. The Labute approximate surface area is 112 Å². The zero-order valence-electron chi connectivity index (χ0n) is 10.4. The van der Waals surface area contributed by atoms with Gasteiger partial charge in [-0.25, -0.2) is 14.6 Å². The summed E-state index contributed by atoms with van der Waals surface area (Å²) in [5.41, 5.74) is 0.0284. The van der Waals surface area contributed by atoms with Gasteiger partial charge in [0.15, 0.2) is 0 Å². The van der Waals surface area contributed by atoms with Gasteiger partial charge in [-0.1, -0.05) is 0 Å². The number of nitrogens with zero attached hydrogens (tertiary/aromatic N) is 3. The third-order valence-electron chi connectivity index (χ3n) is 2.45. The molecule has 0 fully saturated rings. The number of anilines is 1. The molecular formula is C11H12N4O3S. The molecule has 0 saturated carbocycles. The molecule has 0 aromatic carbocycles. The quantitative estimate of drug-likeness (QED) is 0.824. The van der Waals surface area contributed by atoms with Crippen molar-refractivity contribution in [2.75, 3.05) is 19.5 Å². The van der Waals surface area contributed by atoms with E-state index in [9.17, 15) is 9.59 Å². The van der Waals surface area contributed by atoms with Gasteiger partial charge in [0.2, 0.25) is 5.95 Å². The highest BCUT2D eigenvalue weighted by Gasteiger charge is 2.14. The van der Waals surface area contributed by atoms with Crippen LogP contribution in [-0.4, -0.2) is 34.7 Å². The number of thiophene rings is 1. The fourth-order valence-corrected chi connectivity index (χ4v) is 2.36. The molecule has 1 N–H and O–H groups in total. The van der Waals surface area contributed by atoms with Crippen molar-refractivity contribution in [3.63, 3.8) is 0 Å². The Hall–Kier alpha value is -2.22. The molecule has 0 amide bonds. The number of esters is 1. The summed E-state index contributed by atoms with van der Waals surface area (Å²) < 4.78 is 6.01. The van der Waals surface area contributed by atoms with E-state index >= 15 is 0 Å². The number of hydrogen-bond acceptors (Lipinski definition) is 7. The lowest BCUT2D eigenvalue weighted by atomic mass is 10.2. The zero-order chi connectivity index (χ0) is 13.8. The van der Waals surface area contributed by atoms with Crippen LogP contribution in [0, 0.1) is 0 Å². The van der Waals surface area contributed by atoms with Crippen molar-refractivity contribution >= 4 is 23.3 Å². The molecule has 0 bridgehead atoms. The van der Waals surface area contributed by atoms with E-state index in [-0.39, 0.29) is 12.5 Å². The molecule has 19 heavy (non-hydrogen) atoms. The van der Waals surface area contributed by atoms with E-state index in [2.05, 4.69) is 20.0 Å². The van der Waals surface area contributed by atoms with Gasteiger partial charge in [0.25, 0.3) is 0 Å². The first-order valence-electron chi connectivity index (χ1n) is 5.41. The van der Waals surface area contributed by atoms with Crippen LogP contribution in [0.2, 0.25) is 0 Å². The minimum Gasteiger partial charge on any atom is -0.465 e. The van der Waals surface area contributed by atoms with Gasteiger partial charge in [-0.15, -0.1) is 11.3 Å². The normalized spacial score (nSPS) is 10.2. The fourth-order valence-electron chi connectivity index (χ4n) is 1.50. The molecule has 0 unspecified atom stereocenters. The molecule has 0 saturated heterocycles. The Morgan fingerprint density at radius 2 is 2.37 bits per heavy atom. The van der Waals surface area contributed by atoms with E-state index in [1.54, 1.807) is 18.5 Å². The van der Waals surface area contributed by atoms with Gasteiger partial charge >= 0.3 is 11.7 Å². The van der Waals surface area contributed by atoms with Gasteiger partial charge in [0.05, 0.1) is 19.2 Å². The second-order valence-electron chi connectivity index (χ2n) is 3.59. The lowest BCUT2D eigenvalue weighted by Crippen LogP contribution is -2.25. The van der Waals surface area contributed by atoms with Crippen molar-refractivity contribution in [3.05, 3.63) is 38.7 Å². The summed E-state index contributed by atoms with van der Waals surface area (Å²) in [5.74, 6) is -0.155. The molecule has 100 valence electrons. The first-order chi connectivity index (χ1) is 9.15. The predicted molar refractivity (Wildman–Crippen MR) is 70.6 cm³/mol. The van der Waals surface area contributed by atoms with Crippen molar-refractivity contribution in [1.82, 2.24) is 14.5 Å². The van der Waals surface area contributed by atoms with Gasteiger partial charge in [-0.3, -0.25) is 4.57 Å². The summed E-state index contributed by atoms with van der Waals surface area (Å²) in [6.07, 6.45) is 1.39. The summed E-state index contributed by atoms with van der Waals surface area (Å²) in [6.45, 7) is 0.241. The molecule has 0 spiro atoms. The van der Waals surface area contributed by atoms with Crippen LogP contribution >= 0.6 is 11.3 Å². The molecule has 2 aromatic rings. The molecule has 2 aromatic heterocycles. The van der Waals surface area contributed by atoms with E-state index in [0.717, 1.165) is 4.88 Å². The van der Waals surface area contributed by atoms with Crippen molar-refractivity contribution in [2.24, 2.45) is 0 Å². The average Bonchev–Trinajstić information content (AvgIpc) is 2.88. The van der Waals surface area contributed by atoms with Crippen molar-refractivity contribution in [2.45, 2.75) is 6.54 Å². The Kier molecular flexibility index (Phi) is 3.91. The second kappa shape index (κ2) is 5.61. The molecule has 0 atom stereocenters. The molecule has 8 heteroatoms. The van der Waals surface area contributed by atoms with Crippen LogP contribution in [0.4, 0.5) is 5.95 Å². The molecule has 0 aliphatic rings. The number of carbonyl (C=O) groups excluding carboxylic acids is 1. The van der Waals surface area contributed by atoms with Crippen molar-refractivity contribution in [3.8, 4) is 0 Å². The van der Waals surface area contributed by atoms with Gasteiger partial charge in [0.1, 0.15) is 6.33 Å². The minimum absolute atomic E-state index is 0.241. The highest BCUT2D eigenvalue weighted by Crippen LogP contribution is 2.18. The zero-order valence-corrected chi connectivity index (χ0v) is 11.2. The predicted octanol–water partition coefficient (Wildman–Crippen LogP) is 0.576. The van der Waals surface area contributed by atoms with Crippen LogP contribution in [0.3, 0.4) is 0 Å². The number of nitrogens with one attached hydrogen (secondary N) is 1. The Balaban J connectivity index is 2.29. The average molecular weight is 280 g/mol. The van der Waals surface area contributed by atoms with Crippen LogP contribution in [0.1, 0.15) is 15.2 Å². The Morgan fingerprint density at radius 1 is 1.58 bits per heavy atom. The lowest BCUT2D eigenvalue weighted by Gasteiger charge is -2.05. The monoisotopic (exact) mass is 280 g/mol. The fraction of sp³-hybridized carbons (Fsp3) is 0.273.